The number of aromatic nitrogens is 2. The molecule has 3 nitrogen and oxygen atoms in total. The van der Waals surface area contributed by atoms with Gasteiger partial charge in [-0.05, 0) is 0 Å². The molecule has 0 atom stereocenters. The van der Waals surface area contributed by atoms with Crippen molar-refractivity contribution in [1.82, 2.24) is 9.97 Å². The Morgan fingerprint density at radius 3 is 3.62 bits per heavy atom. The van der Waals surface area contributed by atoms with Crippen molar-refractivity contribution < 1.29 is 4.42 Å². The van der Waals surface area contributed by atoms with Crippen LogP contribution in [-0.4, -0.2) is 9.97 Å². The number of fused-ring (bicyclic) bond motifs is 1. The lowest BCUT2D eigenvalue weighted by molar-refractivity contribution is 0.598. The van der Waals surface area contributed by atoms with Gasteiger partial charge in [0, 0.05) is 0 Å². The molecular formula is C4HN2OS. The lowest BCUT2D eigenvalue weighted by atomic mass is 10.9. The fourth-order valence-corrected chi connectivity index (χ4v) is 1.02. The van der Waals surface area contributed by atoms with E-state index in [1.54, 1.807) is 5.51 Å². The first kappa shape index (κ1) is 4.03. The van der Waals surface area contributed by atoms with Crippen molar-refractivity contribution in [3.05, 3.63) is 11.9 Å². The first-order valence-corrected chi connectivity index (χ1v) is 2.91. The highest BCUT2D eigenvalue weighted by Crippen LogP contribution is 2.13. The Balaban J connectivity index is 3.06. The van der Waals surface area contributed by atoms with Crippen LogP contribution in [-0.2, 0) is 0 Å². The van der Waals surface area contributed by atoms with Crippen molar-refractivity contribution in [2.45, 2.75) is 0 Å². The molecule has 2 heterocycles. The van der Waals surface area contributed by atoms with Crippen LogP contribution < -0.4 is 0 Å². The molecule has 0 aliphatic rings. The monoisotopic (exact) mass is 125 g/mol. The minimum Gasteiger partial charge on any atom is -0.419 e. The highest BCUT2D eigenvalue weighted by molar-refractivity contribution is 7.15. The van der Waals surface area contributed by atoms with Crippen molar-refractivity contribution in [1.29, 1.82) is 0 Å². The first-order chi connectivity index (χ1) is 3.97. The quantitative estimate of drug-likeness (QED) is 0.529. The van der Waals surface area contributed by atoms with Crippen LogP contribution in [0.4, 0.5) is 0 Å². The van der Waals surface area contributed by atoms with E-state index in [0.29, 0.717) is 5.65 Å². The van der Waals surface area contributed by atoms with Gasteiger partial charge in [0.05, 0.1) is 5.51 Å². The van der Waals surface area contributed by atoms with E-state index in [2.05, 4.69) is 16.4 Å². The summed E-state index contributed by atoms with van der Waals surface area (Å²) in [5, 5.41) is 0. The molecule has 2 rings (SSSR count). The second-order valence-electron chi connectivity index (χ2n) is 1.27. The smallest absolute Gasteiger partial charge is 0.287 e. The summed E-state index contributed by atoms with van der Waals surface area (Å²) < 4.78 is 4.78. The molecule has 4 heteroatoms. The number of thiazole rings is 1. The van der Waals surface area contributed by atoms with Crippen molar-refractivity contribution >= 4 is 21.9 Å². The maximum atomic E-state index is 4.78. The lowest BCUT2D eigenvalue weighted by Crippen LogP contribution is -1.59. The predicted octanol–water partition coefficient (Wildman–Crippen LogP) is 1.08. The summed E-state index contributed by atoms with van der Waals surface area (Å²) in [5.74, 6) is 0. The second kappa shape index (κ2) is 1.29. The van der Waals surface area contributed by atoms with E-state index < -0.39 is 0 Å². The van der Waals surface area contributed by atoms with Crippen LogP contribution in [0.15, 0.2) is 9.93 Å². The van der Waals surface area contributed by atoms with E-state index in [-0.39, 0.29) is 0 Å². The van der Waals surface area contributed by atoms with Gasteiger partial charge >= 0.3 is 0 Å². The fraction of sp³-hybridized carbons (Fsp3) is 0. The van der Waals surface area contributed by atoms with Crippen molar-refractivity contribution in [2.24, 2.45) is 0 Å². The van der Waals surface area contributed by atoms with Gasteiger partial charge in [-0.1, -0.05) is 11.3 Å². The van der Waals surface area contributed by atoms with E-state index in [4.69, 9.17) is 4.42 Å². The summed E-state index contributed by atoms with van der Waals surface area (Å²) in [6.07, 6.45) is 2.34. The van der Waals surface area contributed by atoms with Crippen LogP contribution in [0.3, 0.4) is 0 Å². The minimum absolute atomic E-state index is 0.648. The molecule has 0 saturated carbocycles. The molecule has 39 valence electrons. The van der Waals surface area contributed by atoms with Crippen LogP contribution in [0.5, 0.6) is 0 Å². The molecule has 2 aromatic rings. The average molecular weight is 125 g/mol. The molecule has 0 aromatic carbocycles. The molecule has 0 saturated heterocycles. The molecule has 0 spiro atoms. The Morgan fingerprint density at radius 1 is 1.75 bits per heavy atom. The normalized spacial score (nSPS) is 10.5. The molecule has 0 amide bonds. The van der Waals surface area contributed by atoms with Crippen LogP contribution in [0, 0.1) is 6.39 Å². The summed E-state index contributed by atoms with van der Waals surface area (Å²) in [6, 6.07) is 0. The molecule has 0 aliphatic carbocycles. The first-order valence-electron chi connectivity index (χ1n) is 2.03. The Morgan fingerprint density at radius 2 is 2.75 bits per heavy atom. The highest BCUT2D eigenvalue weighted by Gasteiger charge is 1.97. The fourth-order valence-electron chi connectivity index (χ4n) is 0.481. The second-order valence-corrected chi connectivity index (χ2v) is 2.09. The van der Waals surface area contributed by atoms with Gasteiger partial charge in [0.15, 0.2) is 0 Å². The summed E-state index contributed by atoms with van der Waals surface area (Å²) in [5.41, 5.74) is 2.34. The third kappa shape index (κ3) is 0.376. The van der Waals surface area contributed by atoms with E-state index in [0.717, 1.165) is 4.90 Å². The maximum absolute atomic E-state index is 4.78. The van der Waals surface area contributed by atoms with E-state index in [9.17, 15) is 0 Å². The number of nitrogens with zero attached hydrogens (tertiary/aromatic N) is 2. The zero-order valence-corrected chi connectivity index (χ0v) is 4.60. The molecule has 1 radical (unpaired) electrons. The summed E-state index contributed by atoms with van der Waals surface area (Å²) >= 11 is 1.42. The Bertz CT molecular complexity index is 235. The molecule has 0 fully saturated rings. The predicted molar refractivity (Wildman–Crippen MR) is 28.5 cm³/mol. The molecule has 8 heavy (non-hydrogen) atoms. The van der Waals surface area contributed by atoms with E-state index in [1.807, 2.05) is 0 Å². The highest BCUT2D eigenvalue weighted by atomic mass is 32.1. The van der Waals surface area contributed by atoms with Crippen LogP contribution in [0.1, 0.15) is 0 Å². The van der Waals surface area contributed by atoms with Crippen molar-refractivity contribution in [2.75, 3.05) is 0 Å². The van der Waals surface area contributed by atoms with Gasteiger partial charge < -0.3 is 4.42 Å². The zero-order chi connectivity index (χ0) is 5.40. The molecular weight excluding hydrogens is 124 g/mol. The third-order valence-electron chi connectivity index (χ3n) is 0.807. The van der Waals surface area contributed by atoms with Gasteiger partial charge in [0.25, 0.3) is 6.39 Å². The van der Waals surface area contributed by atoms with Gasteiger partial charge in [-0.15, -0.1) is 0 Å². The van der Waals surface area contributed by atoms with Crippen LogP contribution in [0.2, 0.25) is 0 Å². The largest absolute Gasteiger partial charge is 0.419 e. The SMILES string of the molecule is [c]1nc2ncsc2o1. The molecule has 0 unspecified atom stereocenters. The Labute approximate surface area is 49.0 Å². The molecule has 0 aliphatic heterocycles. The topological polar surface area (TPSA) is 38.9 Å². The molecule has 0 bridgehead atoms. The molecule has 2 aromatic heterocycles. The minimum atomic E-state index is 0.648. The van der Waals surface area contributed by atoms with E-state index >= 15 is 0 Å². The van der Waals surface area contributed by atoms with Crippen molar-refractivity contribution in [3.8, 4) is 0 Å². The van der Waals surface area contributed by atoms with Gasteiger partial charge in [-0.3, -0.25) is 0 Å². The van der Waals surface area contributed by atoms with Crippen LogP contribution in [0.25, 0.3) is 10.5 Å². The number of hydrogen-bond donors (Lipinski definition) is 0. The standard InChI is InChI=1S/C4HN2OS/c1-5-3-4(7-1)8-2-6-3/h2H. The summed E-state index contributed by atoms with van der Waals surface area (Å²) in [4.78, 5) is 8.29. The summed E-state index contributed by atoms with van der Waals surface area (Å²) in [6.45, 7) is 0. The lowest BCUT2D eigenvalue weighted by Gasteiger charge is -1.59. The Hall–Kier alpha value is -0.900. The van der Waals surface area contributed by atoms with E-state index in [1.165, 1.54) is 11.3 Å². The number of hydrogen-bond acceptors (Lipinski definition) is 4. The van der Waals surface area contributed by atoms with Gasteiger partial charge in [0.2, 0.25) is 10.5 Å². The molecule has 0 N–H and O–H groups in total. The Kier molecular flexibility index (Phi) is 0.648. The van der Waals surface area contributed by atoms with Gasteiger partial charge in [-0.2, -0.15) is 4.98 Å². The van der Waals surface area contributed by atoms with Crippen LogP contribution >= 0.6 is 11.3 Å². The van der Waals surface area contributed by atoms with Gasteiger partial charge in [-0.25, -0.2) is 4.98 Å². The maximum Gasteiger partial charge on any atom is 0.287 e. The third-order valence-corrected chi connectivity index (χ3v) is 1.50. The summed E-state index contributed by atoms with van der Waals surface area (Å²) in [7, 11) is 0. The zero-order valence-electron chi connectivity index (χ0n) is 3.79. The number of oxazole rings is 1. The van der Waals surface area contributed by atoms with Gasteiger partial charge in [0.1, 0.15) is 0 Å². The number of rotatable bonds is 0. The average Bonchev–Trinajstić information content (AvgIpc) is 2.15. The van der Waals surface area contributed by atoms with Crippen molar-refractivity contribution in [3.63, 3.8) is 0 Å².